The maximum Gasteiger partial charge on any atom is 0.253 e. The van der Waals surface area contributed by atoms with Crippen molar-refractivity contribution >= 4 is 23.2 Å². The van der Waals surface area contributed by atoms with Crippen LogP contribution in [0.2, 0.25) is 0 Å². The standard InChI is InChI=1S/C14H22N4O2/c1-5-18(9-13(19)16-2)12-8-10(6-7-11(12)15)14(20)17(3)4/h6-8H,5,9,15H2,1-4H3,(H,16,19). The van der Waals surface area contributed by atoms with Gasteiger partial charge < -0.3 is 20.9 Å². The Labute approximate surface area is 119 Å². The first-order valence-electron chi connectivity index (χ1n) is 6.47. The second-order valence-electron chi connectivity index (χ2n) is 4.66. The van der Waals surface area contributed by atoms with Crippen molar-refractivity contribution in [3.05, 3.63) is 23.8 Å². The van der Waals surface area contributed by atoms with Crippen molar-refractivity contribution in [3.63, 3.8) is 0 Å². The van der Waals surface area contributed by atoms with Gasteiger partial charge in [-0.05, 0) is 25.1 Å². The van der Waals surface area contributed by atoms with Crippen molar-refractivity contribution in [1.82, 2.24) is 10.2 Å². The van der Waals surface area contributed by atoms with E-state index < -0.39 is 0 Å². The van der Waals surface area contributed by atoms with Gasteiger partial charge in [-0.3, -0.25) is 9.59 Å². The van der Waals surface area contributed by atoms with E-state index in [1.165, 1.54) is 4.90 Å². The minimum Gasteiger partial charge on any atom is -0.397 e. The molecule has 0 radical (unpaired) electrons. The van der Waals surface area contributed by atoms with Crippen molar-refractivity contribution in [2.45, 2.75) is 6.92 Å². The molecule has 0 aliphatic rings. The fourth-order valence-corrected chi connectivity index (χ4v) is 1.83. The average molecular weight is 278 g/mol. The lowest BCUT2D eigenvalue weighted by molar-refractivity contribution is -0.119. The summed E-state index contributed by atoms with van der Waals surface area (Å²) >= 11 is 0. The van der Waals surface area contributed by atoms with Crippen LogP contribution in [0.5, 0.6) is 0 Å². The number of nitrogens with two attached hydrogens (primary N) is 1. The molecule has 0 aliphatic heterocycles. The lowest BCUT2D eigenvalue weighted by Gasteiger charge is -2.24. The Morgan fingerprint density at radius 1 is 1.30 bits per heavy atom. The van der Waals surface area contributed by atoms with E-state index in [1.54, 1.807) is 39.3 Å². The van der Waals surface area contributed by atoms with Crippen LogP contribution in [0.3, 0.4) is 0 Å². The maximum absolute atomic E-state index is 12.0. The topological polar surface area (TPSA) is 78.7 Å². The molecule has 0 spiro atoms. The predicted molar refractivity (Wildman–Crippen MR) is 80.8 cm³/mol. The van der Waals surface area contributed by atoms with Crippen LogP contribution in [0.15, 0.2) is 18.2 Å². The Kier molecular flexibility index (Phi) is 5.37. The van der Waals surface area contributed by atoms with Gasteiger partial charge in [0.1, 0.15) is 0 Å². The molecule has 1 rings (SSSR count). The summed E-state index contributed by atoms with van der Waals surface area (Å²) in [6.07, 6.45) is 0. The maximum atomic E-state index is 12.0. The molecule has 0 aliphatic carbocycles. The van der Waals surface area contributed by atoms with Crippen LogP contribution >= 0.6 is 0 Å². The van der Waals surface area contributed by atoms with Crippen molar-refractivity contribution in [3.8, 4) is 0 Å². The van der Waals surface area contributed by atoms with Crippen molar-refractivity contribution in [2.75, 3.05) is 44.9 Å². The smallest absolute Gasteiger partial charge is 0.253 e. The number of benzene rings is 1. The van der Waals surface area contributed by atoms with E-state index in [1.807, 2.05) is 11.8 Å². The number of nitrogens with one attached hydrogen (secondary N) is 1. The molecule has 110 valence electrons. The molecule has 20 heavy (non-hydrogen) atoms. The molecule has 0 aromatic heterocycles. The van der Waals surface area contributed by atoms with Gasteiger partial charge in [0.25, 0.3) is 5.91 Å². The summed E-state index contributed by atoms with van der Waals surface area (Å²) in [7, 11) is 4.98. The summed E-state index contributed by atoms with van der Waals surface area (Å²) in [6, 6.07) is 5.11. The summed E-state index contributed by atoms with van der Waals surface area (Å²) in [4.78, 5) is 26.8. The van der Waals surface area contributed by atoms with E-state index in [4.69, 9.17) is 5.73 Å². The van der Waals surface area contributed by atoms with Crippen LogP contribution in [0.25, 0.3) is 0 Å². The second kappa shape index (κ2) is 6.79. The summed E-state index contributed by atoms with van der Waals surface area (Å²) in [5.41, 5.74) is 7.76. The van der Waals surface area contributed by atoms with Crippen molar-refractivity contribution < 1.29 is 9.59 Å². The van der Waals surface area contributed by atoms with Gasteiger partial charge in [-0.25, -0.2) is 0 Å². The van der Waals surface area contributed by atoms with Gasteiger partial charge in [0.2, 0.25) is 5.91 Å². The van der Waals surface area contributed by atoms with E-state index >= 15 is 0 Å². The van der Waals surface area contributed by atoms with Crippen LogP contribution in [-0.2, 0) is 4.79 Å². The number of carbonyl (C=O) groups excluding carboxylic acids is 2. The van der Waals surface area contributed by atoms with Gasteiger partial charge >= 0.3 is 0 Å². The Morgan fingerprint density at radius 2 is 1.95 bits per heavy atom. The number of amides is 2. The third kappa shape index (κ3) is 3.63. The van der Waals surface area contributed by atoms with E-state index in [0.29, 0.717) is 23.5 Å². The van der Waals surface area contributed by atoms with Crippen LogP contribution in [0, 0.1) is 0 Å². The minimum atomic E-state index is -0.101. The molecule has 3 N–H and O–H groups in total. The zero-order valence-electron chi connectivity index (χ0n) is 12.4. The molecule has 0 atom stereocenters. The molecule has 6 nitrogen and oxygen atoms in total. The largest absolute Gasteiger partial charge is 0.397 e. The lowest BCUT2D eigenvalue weighted by Crippen LogP contribution is -2.36. The third-order valence-electron chi connectivity index (χ3n) is 3.02. The zero-order valence-corrected chi connectivity index (χ0v) is 12.4. The van der Waals surface area contributed by atoms with Gasteiger partial charge in [0, 0.05) is 33.3 Å². The van der Waals surface area contributed by atoms with E-state index in [0.717, 1.165) is 0 Å². The van der Waals surface area contributed by atoms with Gasteiger partial charge in [-0.2, -0.15) is 0 Å². The highest BCUT2D eigenvalue weighted by molar-refractivity contribution is 5.96. The monoisotopic (exact) mass is 278 g/mol. The minimum absolute atomic E-state index is 0.0951. The molecule has 1 aromatic carbocycles. The number of carbonyl (C=O) groups is 2. The molecular weight excluding hydrogens is 256 g/mol. The molecule has 6 heteroatoms. The van der Waals surface area contributed by atoms with E-state index in [-0.39, 0.29) is 18.4 Å². The van der Waals surface area contributed by atoms with Gasteiger partial charge in [-0.15, -0.1) is 0 Å². The summed E-state index contributed by atoms with van der Waals surface area (Å²) in [5.74, 6) is -0.196. The first-order chi connectivity index (χ1) is 9.40. The number of nitrogens with zero attached hydrogens (tertiary/aromatic N) is 2. The highest BCUT2D eigenvalue weighted by atomic mass is 16.2. The zero-order chi connectivity index (χ0) is 15.3. The Bertz CT molecular complexity index is 500. The SMILES string of the molecule is CCN(CC(=O)NC)c1cc(C(=O)N(C)C)ccc1N. The molecule has 0 heterocycles. The molecule has 2 amide bonds. The molecule has 0 saturated carbocycles. The Balaban J connectivity index is 3.11. The number of hydrogen-bond donors (Lipinski definition) is 2. The van der Waals surface area contributed by atoms with Crippen LogP contribution < -0.4 is 16.0 Å². The summed E-state index contributed by atoms with van der Waals surface area (Å²) < 4.78 is 0. The van der Waals surface area contributed by atoms with Crippen molar-refractivity contribution in [2.24, 2.45) is 0 Å². The van der Waals surface area contributed by atoms with Crippen molar-refractivity contribution in [1.29, 1.82) is 0 Å². The van der Waals surface area contributed by atoms with Crippen LogP contribution in [0.1, 0.15) is 17.3 Å². The van der Waals surface area contributed by atoms with Gasteiger partial charge in [0.05, 0.1) is 17.9 Å². The number of nitrogen functional groups attached to an aromatic ring is 1. The second-order valence-corrected chi connectivity index (χ2v) is 4.66. The van der Waals surface area contributed by atoms with E-state index in [2.05, 4.69) is 5.32 Å². The fourth-order valence-electron chi connectivity index (χ4n) is 1.83. The molecule has 1 aromatic rings. The fraction of sp³-hybridized carbons (Fsp3) is 0.429. The quantitative estimate of drug-likeness (QED) is 0.771. The average Bonchev–Trinajstić information content (AvgIpc) is 2.44. The first-order valence-corrected chi connectivity index (χ1v) is 6.47. The number of anilines is 2. The molecule has 0 fully saturated rings. The highest BCUT2D eigenvalue weighted by Gasteiger charge is 2.15. The van der Waals surface area contributed by atoms with Crippen LogP contribution in [0.4, 0.5) is 11.4 Å². The highest BCUT2D eigenvalue weighted by Crippen LogP contribution is 2.25. The molecular formula is C14H22N4O2. The number of likely N-dealkylation sites (N-methyl/N-ethyl adjacent to an activating group) is 2. The predicted octanol–water partition coefficient (Wildman–Crippen LogP) is 0.543. The molecule has 0 saturated heterocycles. The Hall–Kier alpha value is -2.24. The third-order valence-corrected chi connectivity index (χ3v) is 3.02. The summed E-state index contributed by atoms with van der Waals surface area (Å²) in [5, 5.41) is 2.58. The molecule has 0 bridgehead atoms. The van der Waals surface area contributed by atoms with Gasteiger partial charge in [0.15, 0.2) is 0 Å². The van der Waals surface area contributed by atoms with Gasteiger partial charge in [-0.1, -0.05) is 0 Å². The first kappa shape index (κ1) is 15.8. The number of hydrogen-bond acceptors (Lipinski definition) is 4. The Morgan fingerprint density at radius 3 is 2.45 bits per heavy atom. The lowest BCUT2D eigenvalue weighted by atomic mass is 10.1. The molecule has 0 unspecified atom stereocenters. The summed E-state index contributed by atoms with van der Waals surface area (Å²) in [6.45, 7) is 2.76. The van der Waals surface area contributed by atoms with Crippen LogP contribution in [-0.4, -0.2) is 50.9 Å². The number of rotatable bonds is 5. The normalized spacial score (nSPS) is 10.0. The van der Waals surface area contributed by atoms with E-state index in [9.17, 15) is 9.59 Å².